The fraction of sp³-hybridized carbons (Fsp3) is 0. The number of para-hydroxylation sites is 1. The molecule has 14 aromatic rings. The van der Waals surface area contributed by atoms with E-state index in [-0.39, 0.29) is 6.85 Å². The van der Waals surface area contributed by atoms with Crippen LogP contribution >= 0.6 is 0 Å². The van der Waals surface area contributed by atoms with E-state index in [0.29, 0.717) is 0 Å². The summed E-state index contributed by atoms with van der Waals surface area (Å²) < 4.78 is 7.08. The minimum Gasteiger partial charge on any atom is -0.456 e. The molecule has 0 fully saturated rings. The molecule has 0 N–H and O–H groups in total. The highest BCUT2D eigenvalue weighted by Crippen LogP contribution is 2.53. The predicted molar refractivity (Wildman–Crippen MR) is 349 cm³/mol. The number of hydrogen-bond donors (Lipinski definition) is 0. The lowest BCUT2D eigenvalue weighted by Crippen LogP contribution is -2.61. The topological polar surface area (TPSA) is 22.9 Å². The molecule has 0 spiro atoms. The lowest BCUT2D eigenvalue weighted by molar-refractivity contribution is 0.669. The van der Waals surface area contributed by atoms with Crippen molar-refractivity contribution in [3.05, 3.63) is 315 Å². The third-order valence-electron chi connectivity index (χ3n) is 16.8. The highest BCUT2D eigenvalue weighted by molar-refractivity contribution is 6.94. The summed E-state index contributed by atoms with van der Waals surface area (Å²) in [5.74, 6) is 0. The molecule has 13 aromatic carbocycles. The Morgan fingerprint density at radius 1 is 0.301 bits per heavy atom. The van der Waals surface area contributed by atoms with E-state index in [1.807, 2.05) is 0 Å². The molecule has 0 bridgehead atoms. The first-order valence-corrected chi connectivity index (χ1v) is 28.5. The summed E-state index contributed by atoms with van der Waals surface area (Å²) in [6.07, 6.45) is 0. The van der Waals surface area contributed by atoms with E-state index in [9.17, 15) is 0 Å². The zero-order chi connectivity index (χ0) is 54.8. The van der Waals surface area contributed by atoms with Crippen LogP contribution in [-0.2, 0) is 0 Å². The van der Waals surface area contributed by atoms with Gasteiger partial charge in [-0.3, -0.25) is 0 Å². The van der Waals surface area contributed by atoms with Gasteiger partial charge in [0.2, 0.25) is 0 Å². The van der Waals surface area contributed by atoms with Crippen LogP contribution < -0.4 is 25.5 Å². The second kappa shape index (κ2) is 20.0. The number of benzene rings is 13. The first kappa shape index (κ1) is 48.1. The van der Waals surface area contributed by atoms with Gasteiger partial charge in [0.05, 0.1) is 11.1 Å². The second-order valence-corrected chi connectivity index (χ2v) is 21.6. The van der Waals surface area contributed by atoms with Gasteiger partial charge < -0.3 is 19.0 Å². The van der Waals surface area contributed by atoms with Crippen LogP contribution in [0.25, 0.3) is 88.7 Å². The van der Waals surface area contributed by atoms with Crippen molar-refractivity contribution in [3.63, 3.8) is 0 Å². The van der Waals surface area contributed by atoms with Crippen molar-refractivity contribution < 1.29 is 4.42 Å². The van der Waals surface area contributed by atoms with E-state index < -0.39 is 0 Å². The number of nitrogens with zero attached hydrogens (tertiary/aromatic N) is 3. The van der Waals surface area contributed by atoms with Crippen molar-refractivity contribution in [1.29, 1.82) is 0 Å². The molecule has 2 aliphatic heterocycles. The van der Waals surface area contributed by atoms with Crippen molar-refractivity contribution in [2.24, 2.45) is 0 Å². The van der Waals surface area contributed by atoms with Crippen LogP contribution in [0.2, 0.25) is 0 Å². The predicted octanol–water partition coefficient (Wildman–Crippen LogP) is 20.1. The molecular weight excluding hydrogens is 1010 g/mol. The molecule has 5 heteroatoms. The van der Waals surface area contributed by atoms with E-state index in [0.717, 1.165) is 106 Å². The largest absolute Gasteiger partial charge is 0.456 e. The van der Waals surface area contributed by atoms with Gasteiger partial charge in [0.15, 0.2) is 0 Å². The van der Waals surface area contributed by atoms with E-state index in [2.05, 4.69) is 330 Å². The zero-order valence-corrected chi connectivity index (χ0v) is 45.3. The molecule has 3 heterocycles. The quantitative estimate of drug-likeness (QED) is 0.127. The van der Waals surface area contributed by atoms with Gasteiger partial charge in [0.1, 0.15) is 11.2 Å². The molecule has 0 atom stereocenters. The van der Waals surface area contributed by atoms with E-state index in [1.54, 1.807) is 0 Å². The normalized spacial score (nSPS) is 12.3. The van der Waals surface area contributed by atoms with Gasteiger partial charge in [-0.05, 0) is 151 Å². The SMILES string of the molecule is c1ccc(-c2ccc(N(c3ccc(-c4ccccc4)cc3)c3ccc4c(c3)N(c3cccc(-c5ccccc5)c3)B3c5ccc(-c6ccccc6)cc5N(c5cccc(-c6ccccc6)c5)c5c3c-4cc3oc4ccccc4c53)cc2)cc1. The fourth-order valence-corrected chi connectivity index (χ4v) is 13.0. The number of furan rings is 1. The maximum Gasteiger partial charge on any atom is 0.333 e. The molecule has 2 aliphatic rings. The summed E-state index contributed by atoms with van der Waals surface area (Å²) in [4.78, 5) is 7.60. The lowest BCUT2D eigenvalue weighted by Gasteiger charge is -2.46. The molecule has 4 nitrogen and oxygen atoms in total. The van der Waals surface area contributed by atoms with Crippen LogP contribution in [0.4, 0.5) is 45.5 Å². The number of rotatable bonds is 10. The molecule has 0 amide bonds. The Hall–Kier alpha value is -10.9. The minimum absolute atomic E-state index is 0.288. The van der Waals surface area contributed by atoms with Gasteiger partial charge in [-0.25, -0.2) is 0 Å². The summed E-state index contributed by atoms with van der Waals surface area (Å²) in [5.41, 5.74) is 26.7. The van der Waals surface area contributed by atoms with Gasteiger partial charge in [0.25, 0.3) is 0 Å². The van der Waals surface area contributed by atoms with E-state index in [1.165, 1.54) is 38.7 Å². The number of hydrogen-bond acceptors (Lipinski definition) is 4. The molecule has 16 rings (SSSR count). The summed E-state index contributed by atoms with van der Waals surface area (Å²) in [5, 5.41) is 2.17. The van der Waals surface area contributed by atoms with Crippen molar-refractivity contribution in [2.75, 3.05) is 14.6 Å². The highest BCUT2D eigenvalue weighted by Gasteiger charge is 2.47. The zero-order valence-electron chi connectivity index (χ0n) is 45.3. The molecule has 0 unspecified atom stereocenters. The second-order valence-electron chi connectivity index (χ2n) is 21.6. The third kappa shape index (κ3) is 8.32. The standard InChI is InChI=1S/C78H52BN3O/c1-6-20-53(21-7-1)58-36-41-63(42-37-58)80(64-43-38-59(39-44-64)54-22-8-2-9-23-54)66-45-46-68-70-52-75-76(69-34-16-17-35-74(69)83-75)78-77(70)79(82(72(68)51-66)67-33-19-31-61(49-67)56-26-12-4-13-27-56)71-47-40-62(57-28-14-5-15-29-57)50-73(71)81(78)65-32-18-30-60(48-65)55-24-10-3-11-25-55/h1-52H. The van der Waals surface area contributed by atoms with Crippen LogP contribution in [0.1, 0.15) is 0 Å². The summed E-state index contributed by atoms with van der Waals surface area (Å²) in [7, 11) is 0. The van der Waals surface area contributed by atoms with Crippen molar-refractivity contribution >= 4 is 85.2 Å². The summed E-state index contributed by atoms with van der Waals surface area (Å²) in [6.45, 7) is -0.288. The molecule has 1 aromatic heterocycles. The maximum atomic E-state index is 7.08. The minimum atomic E-state index is -0.288. The molecule has 83 heavy (non-hydrogen) atoms. The van der Waals surface area contributed by atoms with Crippen LogP contribution in [0.15, 0.2) is 320 Å². The Balaban J connectivity index is 0.987. The van der Waals surface area contributed by atoms with Crippen molar-refractivity contribution in [1.82, 2.24) is 0 Å². The van der Waals surface area contributed by atoms with E-state index in [4.69, 9.17) is 4.42 Å². The van der Waals surface area contributed by atoms with Crippen LogP contribution in [0.5, 0.6) is 0 Å². The smallest absolute Gasteiger partial charge is 0.333 e. The van der Waals surface area contributed by atoms with Crippen molar-refractivity contribution in [3.8, 4) is 66.8 Å². The summed E-state index contributed by atoms with van der Waals surface area (Å²) in [6, 6.07) is 115. The molecule has 0 radical (unpaired) electrons. The summed E-state index contributed by atoms with van der Waals surface area (Å²) >= 11 is 0. The van der Waals surface area contributed by atoms with Gasteiger partial charge >= 0.3 is 6.85 Å². The third-order valence-corrected chi connectivity index (χ3v) is 16.8. The van der Waals surface area contributed by atoms with Gasteiger partial charge in [0, 0.05) is 50.8 Å². The highest BCUT2D eigenvalue weighted by atomic mass is 16.3. The Kier molecular flexibility index (Phi) is 11.6. The molecule has 0 saturated heterocycles. The van der Waals surface area contributed by atoms with Crippen LogP contribution in [0.3, 0.4) is 0 Å². The molecule has 388 valence electrons. The molecule has 0 aliphatic carbocycles. The Morgan fingerprint density at radius 2 is 0.747 bits per heavy atom. The maximum absolute atomic E-state index is 7.08. The Bertz CT molecular complexity index is 4640. The lowest BCUT2D eigenvalue weighted by atomic mass is 9.43. The van der Waals surface area contributed by atoms with Gasteiger partial charge in [-0.2, -0.15) is 0 Å². The monoisotopic (exact) mass is 1060 g/mol. The number of fused-ring (bicyclic) bond motifs is 8. The first-order valence-electron chi connectivity index (χ1n) is 28.5. The Morgan fingerprint density at radius 3 is 1.31 bits per heavy atom. The van der Waals surface area contributed by atoms with Crippen molar-refractivity contribution in [2.45, 2.75) is 0 Å². The fourth-order valence-electron chi connectivity index (χ4n) is 13.0. The molecular formula is C78H52BN3O. The van der Waals surface area contributed by atoms with Gasteiger partial charge in [-0.15, -0.1) is 0 Å². The van der Waals surface area contributed by atoms with Crippen LogP contribution in [0, 0.1) is 0 Å². The number of anilines is 8. The Labute approximate surface area is 483 Å². The van der Waals surface area contributed by atoms with Crippen LogP contribution in [-0.4, -0.2) is 6.85 Å². The average Bonchev–Trinajstić information content (AvgIpc) is 1.79. The average molecular weight is 1060 g/mol. The van der Waals surface area contributed by atoms with Gasteiger partial charge in [-0.1, -0.05) is 237 Å². The molecule has 0 saturated carbocycles. The first-order chi connectivity index (χ1) is 41.2. The van der Waals surface area contributed by atoms with E-state index >= 15 is 0 Å².